The van der Waals surface area contributed by atoms with E-state index in [1.807, 2.05) is 54.6 Å². The van der Waals surface area contributed by atoms with Crippen LogP contribution in [0.2, 0.25) is 0 Å². The van der Waals surface area contributed by atoms with E-state index in [0.29, 0.717) is 17.8 Å². The molecular formula is C17H16N2O2. The van der Waals surface area contributed by atoms with Crippen molar-refractivity contribution >= 4 is 11.5 Å². The topological polar surface area (TPSA) is 50.7 Å². The zero-order valence-electron chi connectivity index (χ0n) is 11.7. The molecule has 0 aromatic heterocycles. The molecule has 1 atom stereocenters. The van der Waals surface area contributed by atoms with Crippen molar-refractivity contribution in [1.29, 1.82) is 0 Å². The van der Waals surface area contributed by atoms with Crippen LogP contribution in [0.5, 0.6) is 5.75 Å². The highest BCUT2D eigenvalue weighted by atomic mass is 16.5. The molecule has 0 unspecified atom stereocenters. The lowest BCUT2D eigenvalue weighted by Gasteiger charge is -2.12. The van der Waals surface area contributed by atoms with Gasteiger partial charge in [0.25, 0.3) is 0 Å². The van der Waals surface area contributed by atoms with E-state index in [4.69, 9.17) is 4.74 Å². The maximum atomic E-state index is 12.6. The van der Waals surface area contributed by atoms with E-state index < -0.39 is 0 Å². The summed E-state index contributed by atoms with van der Waals surface area (Å²) in [5.41, 5.74) is 5.22. The van der Waals surface area contributed by atoms with E-state index in [0.717, 1.165) is 11.3 Å². The van der Waals surface area contributed by atoms with Gasteiger partial charge in [0.15, 0.2) is 0 Å². The quantitative estimate of drug-likeness (QED) is 0.876. The van der Waals surface area contributed by atoms with Crippen LogP contribution in [-0.2, 0) is 0 Å². The average Bonchev–Trinajstić information content (AvgIpc) is 3.04. The van der Waals surface area contributed by atoms with E-state index >= 15 is 0 Å². The molecule has 21 heavy (non-hydrogen) atoms. The summed E-state index contributed by atoms with van der Waals surface area (Å²) in [6, 6.07) is 17.0. The molecule has 0 spiro atoms. The number of hydrogen-bond donors (Lipinski definition) is 1. The molecule has 4 nitrogen and oxygen atoms in total. The first-order valence-electron chi connectivity index (χ1n) is 6.83. The maximum absolute atomic E-state index is 12.6. The third-order valence-electron chi connectivity index (χ3n) is 3.61. The highest BCUT2D eigenvalue weighted by molar-refractivity contribution is 6.48. The number of ketones is 1. The van der Waals surface area contributed by atoms with Gasteiger partial charge < -0.3 is 10.2 Å². The number of nitrogens with zero attached hydrogens (tertiary/aromatic N) is 1. The summed E-state index contributed by atoms with van der Waals surface area (Å²) in [6.07, 6.45) is 0. The van der Waals surface area contributed by atoms with Crippen molar-refractivity contribution in [3.8, 4) is 5.75 Å². The number of hydrazone groups is 1. The molecule has 2 aromatic carbocycles. The smallest absolute Gasteiger partial charge is 0.209 e. The van der Waals surface area contributed by atoms with Crippen molar-refractivity contribution in [1.82, 2.24) is 5.43 Å². The van der Waals surface area contributed by atoms with Crippen LogP contribution in [0.1, 0.15) is 21.8 Å². The Balaban J connectivity index is 1.86. The largest absolute Gasteiger partial charge is 0.497 e. The van der Waals surface area contributed by atoms with Gasteiger partial charge in [-0.3, -0.25) is 4.79 Å². The van der Waals surface area contributed by atoms with Crippen LogP contribution in [-0.4, -0.2) is 25.1 Å². The van der Waals surface area contributed by atoms with E-state index in [-0.39, 0.29) is 11.7 Å². The van der Waals surface area contributed by atoms with Crippen LogP contribution in [0, 0.1) is 0 Å². The molecule has 1 heterocycles. The Bertz CT molecular complexity index is 663. The predicted molar refractivity (Wildman–Crippen MR) is 81.9 cm³/mol. The third kappa shape index (κ3) is 2.65. The zero-order valence-corrected chi connectivity index (χ0v) is 11.7. The van der Waals surface area contributed by atoms with Crippen LogP contribution in [0.15, 0.2) is 59.7 Å². The Morgan fingerprint density at radius 2 is 1.86 bits per heavy atom. The molecule has 3 rings (SSSR count). The number of hydrogen-bond acceptors (Lipinski definition) is 4. The lowest BCUT2D eigenvalue weighted by Crippen LogP contribution is -2.21. The molecule has 0 bridgehead atoms. The molecule has 2 aromatic rings. The minimum Gasteiger partial charge on any atom is -0.497 e. The number of nitrogens with one attached hydrogen (secondary N) is 1. The number of rotatable bonds is 4. The Hall–Kier alpha value is -2.62. The van der Waals surface area contributed by atoms with Crippen molar-refractivity contribution in [2.24, 2.45) is 5.10 Å². The summed E-state index contributed by atoms with van der Waals surface area (Å²) in [4.78, 5) is 12.6. The summed E-state index contributed by atoms with van der Waals surface area (Å²) >= 11 is 0. The summed E-state index contributed by atoms with van der Waals surface area (Å²) in [5.74, 6) is 0.752. The van der Waals surface area contributed by atoms with Gasteiger partial charge in [-0.2, -0.15) is 5.10 Å². The van der Waals surface area contributed by atoms with Crippen molar-refractivity contribution in [2.45, 2.75) is 5.92 Å². The highest BCUT2D eigenvalue weighted by Crippen LogP contribution is 2.24. The Morgan fingerprint density at radius 1 is 1.14 bits per heavy atom. The monoisotopic (exact) mass is 280 g/mol. The fraction of sp³-hybridized carbons (Fsp3) is 0.176. The van der Waals surface area contributed by atoms with Gasteiger partial charge in [-0.25, -0.2) is 0 Å². The molecule has 0 fully saturated rings. The maximum Gasteiger partial charge on any atom is 0.209 e. The molecule has 4 heteroatoms. The first-order chi connectivity index (χ1) is 10.3. The van der Waals surface area contributed by atoms with E-state index in [1.165, 1.54) is 0 Å². The summed E-state index contributed by atoms with van der Waals surface area (Å²) in [7, 11) is 1.64. The van der Waals surface area contributed by atoms with Gasteiger partial charge in [0.05, 0.1) is 13.0 Å². The molecule has 0 saturated heterocycles. The number of benzene rings is 2. The Kier molecular flexibility index (Phi) is 3.69. The fourth-order valence-corrected chi connectivity index (χ4v) is 2.46. The van der Waals surface area contributed by atoms with Gasteiger partial charge in [-0.05, 0) is 17.7 Å². The van der Waals surface area contributed by atoms with Gasteiger partial charge >= 0.3 is 0 Å². The van der Waals surface area contributed by atoms with Gasteiger partial charge in [0.1, 0.15) is 11.5 Å². The first kappa shape index (κ1) is 13.4. The predicted octanol–water partition coefficient (Wildman–Crippen LogP) is 2.62. The van der Waals surface area contributed by atoms with Crippen molar-refractivity contribution in [2.75, 3.05) is 13.7 Å². The zero-order chi connectivity index (χ0) is 14.7. The number of carbonyl (C=O) groups excluding carboxylic acids is 1. The molecule has 1 N–H and O–H groups in total. The summed E-state index contributed by atoms with van der Waals surface area (Å²) in [6.45, 7) is 0.639. The van der Waals surface area contributed by atoms with Crippen LogP contribution in [0.25, 0.3) is 0 Å². The highest BCUT2D eigenvalue weighted by Gasteiger charge is 2.29. The SMILES string of the molecule is COc1ccc([C@@H]2CNN=C2C(=O)c2ccccc2)cc1. The van der Waals surface area contributed by atoms with Crippen molar-refractivity contribution < 1.29 is 9.53 Å². The van der Waals surface area contributed by atoms with Crippen LogP contribution in [0.3, 0.4) is 0 Å². The van der Waals surface area contributed by atoms with Crippen molar-refractivity contribution in [3.63, 3.8) is 0 Å². The fourth-order valence-electron chi connectivity index (χ4n) is 2.46. The molecule has 0 amide bonds. The summed E-state index contributed by atoms with van der Waals surface area (Å²) < 4.78 is 5.16. The molecule has 0 radical (unpaired) electrons. The van der Waals surface area contributed by atoms with Crippen molar-refractivity contribution in [3.05, 3.63) is 65.7 Å². The Morgan fingerprint density at radius 3 is 2.52 bits per heavy atom. The average molecular weight is 280 g/mol. The van der Waals surface area contributed by atoms with Crippen LogP contribution >= 0.6 is 0 Å². The second-order valence-corrected chi connectivity index (χ2v) is 4.88. The molecule has 1 aliphatic rings. The third-order valence-corrected chi connectivity index (χ3v) is 3.61. The normalized spacial score (nSPS) is 17.0. The lowest BCUT2D eigenvalue weighted by molar-refractivity contribution is 0.106. The van der Waals surface area contributed by atoms with Gasteiger partial charge in [-0.15, -0.1) is 0 Å². The number of methoxy groups -OCH3 is 1. The molecule has 1 aliphatic heterocycles. The van der Waals surface area contributed by atoms with Gasteiger partial charge in [0, 0.05) is 12.1 Å². The van der Waals surface area contributed by atoms with Gasteiger partial charge in [0.2, 0.25) is 5.78 Å². The molecule has 0 saturated carbocycles. The second-order valence-electron chi connectivity index (χ2n) is 4.88. The minimum atomic E-state index is -0.0265. The standard InChI is InChI=1S/C17H16N2O2/c1-21-14-9-7-12(8-10-14)15-11-18-19-16(15)17(20)13-5-3-2-4-6-13/h2-10,15,18H,11H2,1H3/t15-/m0/s1. The first-order valence-corrected chi connectivity index (χ1v) is 6.83. The van der Waals surface area contributed by atoms with Crippen LogP contribution in [0.4, 0.5) is 0 Å². The number of ether oxygens (including phenoxy) is 1. The minimum absolute atomic E-state index is 0.0244. The molecule has 0 aliphatic carbocycles. The number of Topliss-reactive ketones (excluding diaryl/α,β-unsaturated/α-hetero) is 1. The van der Waals surface area contributed by atoms with Gasteiger partial charge in [-0.1, -0.05) is 42.5 Å². The second kappa shape index (κ2) is 5.79. The lowest BCUT2D eigenvalue weighted by atomic mass is 9.90. The molecular weight excluding hydrogens is 264 g/mol. The van der Waals surface area contributed by atoms with E-state index in [1.54, 1.807) is 7.11 Å². The number of carbonyl (C=O) groups is 1. The molecule has 106 valence electrons. The van der Waals surface area contributed by atoms with E-state index in [9.17, 15) is 4.79 Å². The van der Waals surface area contributed by atoms with Crippen LogP contribution < -0.4 is 10.2 Å². The Labute approximate surface area is 123 Å². The summed E-state index contributed by atoms with van der Waals surface area (Å²) in [5, 5.41) is 4.20. The van der Waals surface area contributed by atoms with E-state index in [2.05, 4.69) is 10.5 Å².